The van der Waals surface area contributed by atoms with Gasteiger partial charge in [0.2, 0.25) is 5.95 Å². The summed E-state index contributed by atoms with van der Waals surface area (Å²) in [4.78, 5) is 32.9. The number of imidazole rings is 1. The van der Waals surface area contributed by atoms with Gasteiger partial charge in [0.1, 0.15) is 0 Å². The summed E-state index contributed by atoms with van der Waals surface area (Å²) in [5, 5.41) is 0. The van der Waals surface area contributed by atoms with Gasteiger partial charge >= 0.3 is 5.69 Å². The fourth-order valence-corrected chi connectivity index (χ4v) is 4.04. The highest BCUT2D eigenvalue weighted by molar-refractivity contribution is 5.75. The summed E-state index contributed by atoms with van der Waals surface area (Å²) in [6.45, 7) is 7.43. The quantitative estimate of drug-likeness (QED) is 0.591. The lowest BCUT2D eigenvalue weighted by Gasteiger charge is -2.33. The van der Waals surface area contributed by atoms with Crippen LogP contribution in [0.15, 0.2) is 39.9 Å². The zero-order chi connectivity index (χ0) is 20.5. The van der Waals surface area contributed by atoms with E-state index in [1.165, 1.54) is 14.7 Å². The summed E-state index contributed by atoms with van der Waals surface area (Å²) in [6.07, 6.45) is 0. The molecule has 0 spiro atoms. The maximum absolute atomic E-state index is 13.2. The van der Waals surface area contributed by atoms with Crippen LogP contribution in [-0.4, -0.2) is 38.4 Å². The molecule has 0 bridgehead atoms. The van der Waals surface area contributed by atoms with E-state index in [9.17, 15) is 9.59 Å². The zero-order valence-corrected chi connectivity index (χ0v) is 17.2. The van der Waals surface area contributed by atoms with Crippen LogP contribution in [0, 0.1) is 5.92 Å². The molecule has 0 fully saturated rings. The van der Waals surface area contributed by atoms with Crippen LogP contribution >= 0.6 is 0 Å². The van der Waals surface area contributed by atoms with Crippen molar-refractivity contribution in [3.05, 3.63) is 56.7 Å². The van der Waals surface area contributed by atoms with E-state index in [0.29, 0.717) is 43.4 Å². The van der Waals surface area contributed by atoms with E-state index in [2.05, 4.69) is 24.0 Å². The SMILES string of the molecule is CCOCCn1c(=O)c2c(nc3n2C[C@H](C)CN3Cc2ccccc2)n(C)c1=O. The van der Waals surface area contributed by atoms with Crippen molar-refractivity contribution in [2.45, 2.75) is 33.5 Å². The minimum atomic E-state index is -0.361. The highest BCUT2D eigenvalue weighted by Crippen LogP contribution is 2.28. The Labute approximate surface area is 169 Å². The van der Waals surface area contributed by atoms with Crippen molar-refractivity contribution in [3.63, 3.8) is 0 Å². The zero-order valence-electron chi connectivity index (χ0n) is 17.2. The molecular formula is C21H27N5O3. The molecule has 29 heavy (non-hydrogen) atoms. The average molecular weight is 397 g/mol. The third kappa shape index (κ3) is 3.48. The summed E-state index contributed by atoms with van der Waals surface area (Å²) in [5.74, 6) is 1.11. The molecule has 8 heteroatoms. The molecule has 0 amide bonds. The molecule has 0 unspecified atom stereocenters. The lowest BCUT2D eigenvalue weighted by molar-refractivity contribution is 0.137. The number of aromatic nitrogens is 4. The molecule has 0 saturated carbocycles. The van der Waals surface area contributed by atoms with Gasteiger partial charge in [0.15, 0.2) is 11.2 Å². The smallest absolute Gasteiger partial charge is 0.332 e. The molecule has 1 aromatic carbocycles. The van der Waals surface area contributed by atoms with Crippen molar-refractivity contribution in [1.82, 2.24) is 18.7 Å². The van der Waals surface area contributed by atoms with Crippen molar-refractivity contribution in [1.29, 1.82) is 0 Å². The Morgan fingerprint density at radius 2 is 1.93 bits per heavy atom. The Kier molecular flexibility index (Phi) is 5.27. The predicted molar refractivity (Wildman–Crippen MR) is 112 cm³/mol. The lowest BCUT2D eigenvalue weighted by atomic mass is 10.1. The third-order valence-electron chi connectivity index (χ3n) is 5.40. The Morgan fingerprint density at radius 3 is 2.66 bits per heavy atom. The molecular weight excluding hydrogens is 370 g/mol. The molecule has 1 atom stereocenters. The van der Waals surface area contributed by atoms with Crippen molar-refractivity contribution in [2.24, 2.45) is 13.0 Å². The predicted octanol–water partition coefficient (Wildman–Crippen LogP) is 1.59. The van der Waals surface area contributed by atoms with Crippen LogP contribution in [-0.2, 0) is 31.4 Å². The molecule has 0 N–H and O–H groups in total. The molecule has 3 heterocycles. The van der Waals surface area contributed by atoms with Crippen LogP contribution < -0.4 is 16.1 Å². The van der Waals surface area contributed by atoms with Crippen LogP contribution in [0.4, 0.5) is 5.95 Å². The minimum absolute atomic E-state index is 0.235. The van der Waals surface area contributed by atoms with Gasteiger partial charge in [-0.25, -0.2) is 4.79 Å². The first-order valence-electron chi connectivity index (χ1n) is 10.1. The van der Waals surface area contributed by atoms with Crippen LogP contribution in [0.2, 0.25) is 0 Å². The topological polar surface area (TPSA) is 74.3 Å². The van der Waals surface area contributed by atoms with E-state index in [-0.39, 0.29) is 17.8 Å². The normalized spacial score (nSPS) is 16.4. The van der Waals surface area contributed by atoms with Crippen LogP contribution in [0.1, 0.15) is 19.4 Å². The van der Waals surface area contributed by atoms with E-state index in [0.717, 1.165) is 12.5 Å². The Balaban J connectivity index is 1.84. The molecule has 2 aromatic heterocycles. The fraction of sp³-hybridized carbons (Fsp3) is 0.476. The molecule has 3 aromatic rings. The van der Waals surface area contributed by atoms with E-state index >= 15 is 0 Å². The average Bonchev–Trinajstić information content (AvgIpc) is 3.09. The highest BCUT2D eigenvalue weighted by Gasteiger charge is 2.29. The molecule has 0 saturated heterocycles. The van der Waals surface area contributed by atoms with Crippen LogP contribution in [0.3, 0.4) is 0 Å². The number of hydrogen-bond acceptors (Lipinski definition) is 5. The second-order valence-electron chi connectivity index (χ2n) is 7.66. The summed E-state index contributed by atoms with van der Waals surface area (Å²) >= 11 is 0. The van der Waals surface area contributed by atoms with Crippen molar-refractivity contribution >= 4 is 17.1 Å². The largest absolute Gasteiger partial charge is 0.380 e. The first kappa shape index (κ1) is 19.4. The van der Waals surface area contributed by atoms with Gasteiger partial charge < -0.3 is 14.2 Å². The van der Waals surface area contributed by atoms with Crippen molar-refractivity contribution in [3.8, 4) is 0 Å². The maximum atomic E-state index is 13.2. The molecule has 0 radical (unpaired) electrons. The standard InChI is InChI=1S/C21H27N5O3/c1-4-29-11-10-25-19(27)17-18(23(3)21(25)28)22-20-24(12-15(2)13-26(17)20)14-16-8-6-5-7-9-16/h5-9,15H,4,10-14H2,1-3H3/t15-/m1/s1. The monoisotopic (exact) mass is 397 g/mol. The molecule has 1 aliphatic rings. The summed E-state index contributed by atoms with van der Waals surface area (Å²) < 4.78 is 10.1. The van der Waals surface area contributed by atoms with Crippen molar-refractivity contribution < 1.29 is 4.74 Å². The summed E-state index contributed by atoms with van der Waals surface area (Å²) in [5.41, 5.74) is 1.46. The van der Waals surface area contributed by atoms with Gasteiger partial charge in [-0.15, -0.1) is 0 Å². The van der Waals surface area contributed by atoms with Gasteiger partial charge in [-0.3, -0.25) is 13.9 Å². The first-order chi connectivity index (χ1) is 14.0. The van der Waals surface area contributed by atoms with Gasteiger partial charge in [-0.2, -0.15) is 4.98 Å². The highest BCUT2D eigenvalue weighted by atomic mass is 16.5. The van der Waals surface area contributed by atoms with Gasteiger partial charge in [-0.05, 0) is 18.4 Å². The Hall–Kier alpha value is -2.87. The van der Waals surface area contributed by atoms with Gasteiger partial charge in [-0.1, -0.05) is 37.3 Å². The van der Waals surface area contributed by atoms with Gasteiger partial charge in [0.25, 0.3) is 5.56 Å². The number of aryl methyl sites for hydroxylation is 1. The first-order valence-corrected chi connectivity index (χ1v) is 10.1. The number of ether oxygens (including phenoxy) is 1. The molecule has 8 nitrogen and oxygen atoms in total. The van der Waals surface area contributed by atoms with Crippen LogP contribution in [0.5, 0.6) is 0 Å². The second-order valence-corrected chi connectivity index (χ2v) is 7.66. The molecule has 0 aliphatic carbocycles. The number of benzene rings is 1. The molecule has 154 valence electrons. The Bertz CT molecular complexity index is 1130. The van der Waals surface area contributed by atoms with Gasteiger partial charge in [0, 0.05) is 33.3 Å². The number of nitrogens with zero attached hydrogens (tertiary/aromatic N) is 5. The van der Waals surface area contributed by atoms with Gasteiger partial charge in [0.05, 0.1) is 13.2 Å². The molecule has 1 aliphatic heterocycles. The number of hydrogen-bond donors (Lipinski definition) is 0. The Morgan fingerprint density at radius 1 is 1.17 bits per heavy atom. The van der Waals surface area contributed by atoms with E-state index < -0.39 is 0 Å². The lowest BCUT2D eigenvalue weighted by Crippen LogP contribution is -2.41. The van der Waals surface area contributed by atoms with E-state index in [4.69, 9.17) is 9.72 Å². The minimum Gasteiger partial charge on any atom is -0.380 e. The fourth-order valence-electron chi connectivity index (χ4n) is 4.04. The second kappa shape index (κ2) is 7.87. The summed E-state index contributed by atoms with van der Waals surface area (Å²) in [7, 11) is 1.67. The van der Waals surface area contributed by atoms with Crippen molar-refractivity contribution in [2.75, 3.05) is 24.7 Å². The number of anilines is 1. The maximum Gasteiger partial charge on any atom is 0.332 e. The number of fused-ring (bicyclic) bond motifs is 3. The number of rotatable bonds is 6. The molecule has 4 rings (SSSR count). The van der Waals surface area contributed by atoms with Crippen LogP contribution in [0.25, 0.3) is 11.2 Å². The third-order valence-corrected chi connectivity index (χ3v) is 5.40. The van der Waals surface area contributed by atoms with E-state index in [1.807, 2.05) is 29.7 Å². The summed E-state index contributed by atoms with van der Waals surface area (Å²) in [6, 6.07) is 10.2. The van der Waals surface area contributed by atoms with E-state index in [1.54, 1.807) is 7.05 Å².